The van der Waals surface area contributed by atoms with Gasteiger partial charge < -0.3 is 15.2 Å². The minimum absolute atomic E-state index is 0.377. The summed E-state index contributed by atoms with van der Waals surface area (Å²) in [6.07, 6.45) is -0.586. The van der Waals surface area contributed by atoms with Gasteiger partial charge in [0.2, 0.25) is 5.91 Å². The third kappa shape index (κ3) is 3.01. The molecule has 2 N–H and O–H groups in total. The number of amides is 1. The van der Waals surface area contributed by atoms with Gasteiger partial charge in [0, 0.05) is 20.1 Å². The first kappa shape index (κ1) is 11.9. The maximum atomic E-state index is 10.8. The molecule has 74 valence electrons. The first-order valence-corrected chi connectivity index (χ1v) is 3.83. The van der Waals surface area contributed by atoms with Crippen LogP contribution in [0.5, 0.6) is 0 Å². The molecular weight excluding hydrogens is 173 g/mol. The van der Waals surface area contributed by atoms with Crippen molar-refractivity contribution in [2.45, 2.75) is 13.2 Å². The third-order valence-electron chi connectivity index (χ3n) is 1.87. The number of carbonyl (C=O) groups is 1. The monoisotopic (exact) mass is 187 g/mol. The first-order chi connectivity index (χ1) is 6.08. The second-order valence-electron chi connectivity index (χ2n) is 2.71. The summed E-state index contributed by atoms with van der Waals surface area (Å²) in [5.41, 5.74) is 5.02. The van der Waals surface area contributed by atoms with Gasteiger partial charge in [0.1, 0.15) is 5.92 Å². The number of carbonyl (C=O) groups excluding carboxylic acids is 1. The lowest BCUT2D eigenvalue weighted by molar-refractivity contribution is -0.149. The van der Waals surface area contributed by atoms with Crippen LogP contribution in [0.1, 0.15) is 6.92 Å². The number of methoxy groups -OCH3 is 2. The normalized spacial score (nSPS) is 15.0. The number of rotatable bonds is 5. The molecule has 0 bridgehead atoms. The Morgan fingerprint density at radius 2 is 1.92 bits per heavy atom. The van der Waals surface area contributed by atoms with E-state index in [-0.39, 0.29) is 5.92 Å². The van der Waals surface area contributed by atoms with Crippen molar-refractivity contribution in [3.8, 4) is 6.07 Å². The third-order valence-corrected chi connectivity index (χ3v) is 1.87. The Hall–Kier alpha value is -1.12. The molecule has 0 saturated carbocycles. The van der Waals surface area contributed by atoms with Crippen molar-refractivity contribution in [3.63, 3.8) is 0 Å². The van der Waals surface area contributed by atoms with E-state index in [1.165, 1.54) is 14.2 Å². The van der Waals surface area contributed by atoms with Crippen molar-refractivity contribution >= 4 is 5.91 Å². The van der Waals surface area contributed by atoms with Gasteiger partial charge in [-0.25, -0.2) is 0 Å². The minimum atomic E-state index is -0.884. The maximum absolute atomic E-state index is 10.8. The van der Waals surface area contributed by atoms with Crippen LogP contribution in [0.4, 0.5) is 0 Å². The van der Waals surface area contributed by atoms with Gasteiger partial charge in [-0.3, -0.25) is 4.79 Å². The van der Waals surface area contributed by atoms with E-state index in [2.05, 4.69) is 0 Å². The first-order valence-electron chi connectivity index (χ1n) is 3.83. The predicted octanol–water partition coefficient (Wildman–Crippen LogP) is -0.134. The Balaban J connectivity index is 4.45. The summed E-state index contributed by atoms with van der Waals surface area (Å²) in [7, 11) is 2.89. The second kappa shape index (κ2) is 5.51. The molecule has 0 saturated heterocycles. The zero-order valence-corrected chi connectivity index (χ0v) is 7.98. The summed E-state index contributed by atoms with van der Waals surface area (Å²) < 4.78 is 9.83. The zero-order chi connectivity index (χ0) is 10.4. The van der Waals surface area contributed by atoms with E-state index in [0.717, 1.165) is 0 Å². The van der Waals surface area contributed by atoms with E-state index >= 15 is 0 Å². The van der Waals surface area contributed by atoms with Crippen LogP contribution in [-0.4, -0.2) is 26.4 Å². The van der Waals surface area contributed by atoms with Crippen molar-refractivity contribution in [1.82, 2.24) is 0 Å². The highest BCUT2D eigenvalue weighted by Crippen LogP contribution is 2.17. The van der Waals surface area contributed by atoms with Gasteiger partial charge >= 0.3 is 0 Å². The van der Waals surface area contributed by atoms with Crippen LogP contribution in [-0.2, 0) is 14.3 Å². The van der Waals surface area contributed by atoms with Crippen molar-refractivity contribution in [2.75, 3.05) is 14.2 Å². The van der Waals surface area contributed by atoms with Crippen LogP contribution in [0.3, 0.4) is 0 Å². The van der Waals surface area contributed by atoms with Crippen LogP contribution in [0, 0.1) is 23.2 Å². The number of nitrogens with zero attached hydrogens (tertiary/aromatic N) is 1. The summed E-state index contributed by atoms with van der Waals surface area (Å²) in [6.45, 7) is 1.68. The Labute approximate surface area is 77.4 Å². The molecule has 5 nitrogen and oxygen atoms in total. The van der Waals surface area contributed by atoms with Crippen LogP contribution in [0.15, 0.2) is 0 Å². The molecule has 0 rings (SSSR count). The largest absolute Gasteiger partial charge is 0.369 e. The molecule has 0 fully saturated rings. The van der Waals surface area contributed by atoms with Gasteiger partial charge in [-0.2, -0.15) is 5.26 Å². The molecule has 0 aromatic rings. The summed E-state index contributed by atoms with van der Waals surface area (Å²) in [5, 5.41) is 8.64. The van der Waals surface area contributed by atoms with Crippen LogP contribution in [0.2, 0.25) is 0 Å². The van der Waals surface area contributed by atoms with E-state index in [4.69, 9.17) is 20.5 Å². The van der Waals surface area contributed by atoms with E-state index in [1.54, 1.807) is 6.92 Å². The molecule has 0 aromatic heterocycles. The van der Waals surface area contributed by atoms with Gasteiger partial charge in [-0.15, -0.1) is 0 Å². The zero-order valence-electron chi connectivity index (χ0n) is 7.98. The molecule has 2 unspecified atom stereocenters. The van der Waals surface area contributed by atoms with Gasteiger partial charge in [0.25, 0.3) is 0 Å². The molecule has 13 heavy (non-hydrogen) atoms. The van der Waals surface area contributed by atoms with Crippen LogP contribution in [0.25, 0.3) is 0 Å². The number of hydrogen-bond donors (Lipinski definition) is 1. The van der Waals surface area contributed by atoms with Crippen molar-refractivity contribution in [1.29, 1.82) is 5.26 Å². The summed E-state index contributed by atoms with van der Waals surface area (Å²) in [5.74, 6) is -1.92. The number of hydrogen-bond acceptors (Lipinski definition) is 4. The summed E-state index contributed by atoms with van der Waals surface area (Å²) in [6, 6.07) is 1.82. The number of ether oxygens (including phenoxy) is 2. The quantitative estimate of drug-likeness (QED) is 0.479. The second-order valence-corrected chi connectivity index (χ2v) is 2.71. The molecular formula is C8H14N2O3. The fourth-order valence-corrected chi connectivity index (χ4v) is 1.12. The van der Waals surface area contributed by atoms with Gasteiger partial charge in [0.15, 0.2) is 6.29 Å². The molecule has 1 amide bonds. The topological polar surface area (TPSA) is 85.3 Å². The molecule has 5 heteroatoms. The lowest BCUT2D eigenvalue weighted by Gasteiger charge is -2.22. The highest BCUT2D eigenvalue weighted by molar-refractivity contribution is 5.79. The summed E-state index contributed by atoms with van der Waals surface area (Å²) >= 11 is 0. The van der Waals surface area contributed by atoms with E-state index in [9.17, 15) is 4.79 Å². The van der Waals surface area contributed by atoms with Crippen LogP contribution >= 0.6 is 0 Å². The molecule has 0 spiro atoms. The average Bonchev–Trinajstić information content (AvgIpc) is 2.07. The number of primary amides is 1. The highest BCUT2D eigenvalue weighted by atomic mass is 16.7. The van der Waals surface area contributed by atoms with Crippen molar-refractivity contribution < 1.29 is 14.3 Å². The standard InChI is InChI=1S/C8H14N2O3/c1-5(8(12-2)13-3)6(4-9)7(10)11/h5-6,8H,1-3H3,(H2,10,11)/i6+1. The maximum Gasteiger partial charge on any atom is 0.235 e. The average molecular weight is 187 g/mol. The van der Waals surface area contributed by atoms with Crippen LogP contribution < -0.4 is 5.73 Å². The Bertz CT molecular complexity index is 208. The smallest absolute Gasteiger partial charge is 0.235 e. The fraction of sp³-hybridized carbons (Fsp3) is 0.750. The lowest BCUT2D eigenvalue weighted by atomic mass is 10.2. The van der Waals surface area contributed by atoms with Gasteiger partial charge in [-0.1, -0.05) is 6.92 Å². The van der Waals surface area contributed by atoms with Crippen molar-refractivity contribution in [2.24, 2.45) is 17.6 Å². The molecule has 0 aliphatic carbocycles. The van der Waals surface area contributed by atoms with E-state index < -0.39 is 18.1 Å². The van der Waals surface area contributed by atoms with Crippen molar-refractivity contribution in [3.05, 3.63) is 0 Å². The molecule has 0 aromatic carbocycles. The molecule has 0 aliphatic heterocycles. The molecule has 0 heterocycles. The fourth-order valence-electron chi connectivity index (χ4n) is 1.12. The molecule has 0 aliphatic rings. The minimum Gasteiger partial charge on any atom is -0.369 e. The number of nitriles is 1. The molecule has 2 atom stereocenters. The predicted molar refractivity (Wildman–Crippen MR) is 45.3 cm³/mol. The Kier molecular flexibility index (Phi) is 5.04. The SMILES string of the molecule is COC(OC)C(C)[13CH](C#N)C(N)=O. The van der Waals surface area contributed by atoms with E-state index in [1.807, 2.05) is 6.07 Å². The Morgan fingerprint density at radius 1 is 1.46 bits per heavy atom. The highest BCUT2D eigenvalue weighted by Gasteiger charge is 2.29. The summed E-state index contributed by atoms with van der Waals surface area (Å²) in [4.78, 5) is 10.8. The van der Waals surface area contributed by atoms with Gasteiger partial charge in [-0.05, 0) is 0 Å². The molecule has 0 radical (unpaired) electrons. The van der Waals surface area contributed by atoms with E-state index in [0.29, 0.717) is 0 Å². The van der Waals surface area contributed by atoms with Gasteiger partial charge in [0.05, 0.1) is 6.07 Å². The lowest BCUT2D eigenvalue weighted by Crippen LogP contribution is -2.35. The number of nitrogens with two attached hydrogens (primary N) is 1. The Morgan fingerprint density at radius 3 is 2.15 bits per heavy atom.